The summed E-state index contributed by atoms with van der Waals surface area (Å²) < 4.78 is 0. The Hall–Kier alpha value is -1.46. The topological polar surface area (TPSA) is 58.4 Å². The van der Waals surface area contributed by atoms with E-state index in [0.29, 0.717) is 12.6 Å². The molecule has 0 heterocycles. The van der Waals surface area contributed by atoms with Crippen molar-refractivity contribution in [2.75, 3.05) is 19.6 Å². The lowest BCUT2D eigenvalue weighted by molar-refractivity contribution is -0.385. The first-order valence-corrected chi connectivity index (χ1v) is 7.76. The van der Waals surface area contributed by atoms with E-state index in [1.165, 1.54) is 0 Å². The van der Waals surface area contributed by atoms with Crippen LogP contribution in [0.1, 0.15) is 39.2 Å². The summed E-state index contributed by atoms with van der Waals surface area (Å²) in [5.74, 6) is 0. The fraction of sp³-hybridized carbons (Fsp3) is 0.625. The molecular formula is C16H27N3O2. The Morgan fingerprint density at radius 2 is 1.95 bits per heavy atom. The fourth-order valence-corrected chi connectivity index (χ4v) is 2.39. The lowest BCUT2D eigenvalue weighted by Gasteiger charge is -2.19. The van der Waals surface area contributed by atoms with E-state index in [-0.39, 0.29) is 10.6 Å². The quantitative estimate of drug-likeness (QED) is 0.531. The van der Waals surface area contributed by atoms with Gasteiger partial charge in [-0.15, -0.1) is 0 Å². The molecule has 1 aromatic carbocycles. The molecule has 0 aliphatic heterocycles. The van der Waals surface area contributed by atoms with Gasteiger partial charge in [0.1, 0.15) is 0 Å². The zero-order valence-corrected chi connectivity index (χ0v) is 13.3. The largest absolute Gasteiger partial charge is 0.310 e. The molecule has 0 aliphatic carbocycles. The van der Waals surface area contributed by atoms with Gasteiger partial charge in [-0.2, -0.15) is 0 Å². The van der Waals surface area contributed by atoms with Crippen molar-refractivity contribution in [2.24, 2.45) is 0 Å². The molecule has 0 amide bonds. The van der Waals surface area contributed by atoms with E-state index in [1.807, 2.05) is 12.1 Å². The molecule has 0 bridgehead atoms. The minimum atomic E-state index is -0.317. The van der Waals surface area contributed by atoms with E-state index in [0.717, 1.165) is 38.0 Å². The second kappa shape index (κ2) is 9.47. The molecule has 0 spiro atoms. The molecule has 1 N–H and O–H groups in total. The summed E-state index contributed by atoms with van der Waals surface area (Å²) in [4.78, 5) is 13.0. The third-order valence-electron chi connectivity index (χ3n) is 3.84. The van der Waals surface area contributed by atoms with Crippen LogP contribution >= 0.6 is 0 Å². The number of hydrogen-bond donors (Lipinski definition) is 1. The summed E-state index contributed by atoms with van der Waals surface area (Å²) in [6.45, 7) is 10.3. The Labute approximate surface area is 127 Å². The van der Waals surface area contributed by atoms with E-state index in [9.17, 15) is 10.1 Å². The predicted octanol–water partition coefficient (Wildman–Crippen LogP) is 3.19. The third kappa shape index (κ3) is 6.23. The summed E-state index contributed by atoms with van der Waals surface area (Å²) in [6, 6.07) is 7.28. The molecule has 0 fully saturated rings. The smallest absolute Gasteiger partial charge is 0.273 e. The summed E-state index contributed by atoms with van der Waals surface area (Å²) in [7, 11) is 0. The maximum atomic E-state index is 11.0. The number of nitrogens with zero attached hydrogens (tertiary/aromatic N) is 2. The molecular weight excluding hydrogens is 266 g/mol. The number of rotatable bonds is 10. The van der Waals surface area contributed by atoms with Crippen molar-refractivity contribution in [3.05, 3.63) is 39.9 Å². The number of benzene rings is 1. The molecule has 118 valence electrons. The zero-order valence-electron chi connectivity index (χ0n) is 13.3. The number of nitro benzene ring substituents is 1. The Morgan fingerprint density at radius 3 is 2.57 bits per heavy atom. The summed E-state index contributed by atoms with van der Waals surface area (Å²) in [5, 5.41) is 14.3. The first kappa shape index (κ1) is 17.6. The van der Waals surface area contributed by atoms with Gasteiger partial charge in [-0.05, 0) is 39.4 Å². The molecule has 0 aliphatic rings. The summed E-state index contributed by atoms with van der Waals surface area (Å²) in [5.41, 5.74) is 0.943. The molecule has 0 saturated heterocycles. The second-order valence-electron chi connectivity index (χ2n) is 5.34. The van der Waals surface area contributed by atoms with Crippen LogP contribution in [-0.2, 0) is 6.54 Å². The van der Waals surface area contributed by atoms with Gasteiger partial charge >= 0.3 is 0 Å². The van der Waals surface area contributed by atoms with Gasteiger partial charge in [-0.1, -0.05) is 32.0 Å². The molecule has 1 aromatic rings. The van der Waals surface area contributed by atoms with Crippen LogP contribution in [0.4, 0.5) is 5.69 Å². The van der Waals surface area contributed by atoms with Crippen LogP contribution in [0.5, 0.6) is 0 Å². The van der Waals surface area contributed by atoms with Gasteiger partial charge in [0.15, 0.2) is 0 Å². The van der Waals surface area contributed by atoms with E-state index >= 15 is 0 Å². The van der Waals surface area contributed by atoms with Gasteiger partial charge in [0, 0.05) is 24.2 Å². The molecule has 0 saturated carbocycles. The minimum Gasteiger partial charge on any atom is -0.310 e. The highest BCUT2D eigenvalue weighted by molar-refractivity contribution is 5.39. The fourth-order valence-electron chi connectivity index (χ4n) is 2.39. The Kier molecular flexibility index (Phi) is 7.93. The first-order valence-electron chi connectivity index (χ1n) is 7.76. The van der Waals surface area contributed by atoms with Crippen LogP contribution < -0.4 is 5.32 Å². The molecule has 1 rings (SSSR count). The average molecular weight is 293 g/mol. The summed E-state index contributed by atoms with van der Waals surface area (Å²) >= 11 is 0. The van der Waals surface area contributed by atoms with Gasteiger partial charge in [-0.3, -0.25) is 10.1 Å². The zero-order chi connectivity index (χ0) is 15.7. The minimum absolute atomic E-state index is 0.195. The number of nitro groups is 1. The van der Waals surface area contributed by atoms with Gasteiger partial charge in [0.25, 0.3) is 5.69 Å². The van der Waals surface area contributed by atoms with Gasteiger partial charge < -0.3 is 10.2 Å². The highest BCUT2D eigenvalue weighted by Crippen LogP contribution is 2.17. The van der Waals surface area contributed by atoms with Crippen molar-refractivity contribution >= 4 is 5.69 Å². The van der Waals surface area contributed by atoms with E-state index in [4.69, 9.17) is 0 Å². The molecule has 5 nitrogen and oxygen atoms in total. The number of nitrogens with one attached hydrogen (secondary N) is 1. The number of hydrogen-bond acceptors (Lipinski definition) is 4. The molecule has 21 heavy (non-hydrogen) atoms. The van der Waals surface area contributed by atoms with E-state index in [1.54, 1.807) is 12.1 Å². The Bertz CT molecular complexity index is 433. The average Bonchev–Trinajstić information content (AvgIpc) is 2.49. The standard InChI is InChI=1S/C16H27N3O2/c1-4-18(5-2)12-8-9-14(3)17-13-15-10-6-7-11-16(15)19(20)21/h6-7,10-11,14,17H,4-5,8-9,12-13H2,1-3H3. The van der Waals surface area contributed by atoms with E-state index in [2.05, 4.69) is 31.0 Å². The van der Waals surface area contributed by atoms with Gasteiger partial charge in [0.2, 0.25) is 0 Å². The highest BCUT2D eigenvalue weighted by atomic mass is 16.6. The van der Waals surface area contributed by atoms with Crippen LogP contribution in [0.15, 0.2) is 24.3 Å². The van der Waals surface area contributed by atoms with Crippen molar-refractivity contribution in [1.29, 1.82) is 0 Å². The van der Waals surface area contributed by atoms with Crippen LogP contribution in [0.2, 0.25) is 0 Å². The van der Waals surface area contributed by atoms with Crippen molar-refractivity contribution in [3.63, 3.8) is 0 Å². The Balaban J connectivity index is 2.36. The SMILES string of the molecule is CCN(CC)CCCC(C)NCc1ccccc1[N+](=O)[O-]. The van der Waals surface area contributed by atoms with Gasteiger partial charge in [-0.25, -0.2) is 0 Å². The molecule has 0 radical (unpaired) electrons. The molecule has 0 aromatic heterocycles. The summed E-state index contributed by atoms with van der Waals surface area (Å²) in [6.07, 6.45) is 2.23. The number of para-hydroxylation sites is 1. The lowest BCUT2D eigenvalue weighted by Crippen LogP contribution is -2.29. The predicted molar refractivity (Wildman–Crippen MR) is 86.4 cm³/mol. The van der Waals surface area contributed by atoms with Crippen molar-refractivity contribution in [1.82, 2.24) is 10.2 Å². The molecule has 1 unspecified atom stereocenters. The van der Waals surface area contributed by atoms with Crippen LogP contribution in [-0.4, -0.2) is 35.5 Å². The third-order valence-corrected chi connectivity index (χ3v) is 3.84. The lowest BCUT2D eigenvalue weighted by atomic mass is 10.1. The second-order valence-corrected chi connectivity index (χ2v) is 5.34. The maximum absolute atomic E-state index is 11.0. The Morgan fingerprint density at radius 1 is 1.29 bits per heavy atom. The van der Waals surface area contributed by atoms with E-state index < -0.39 is 0 Å². The van der Waals surface area contributed by atoms with Crippen molar-refractivity contribution in [2.45, 2.75) is 46.2 Å². The van der Waals surface area contributed by atoms with Crippen molar-refractivity contribution < 1.29 is 4.92 Å². The normalized spacial score (nSPS) is 12.6. The maximum Gasteiger partial charge on any atom is 0.273 e. The first-order chi connectivity index (χ1) is 10.1. The highest BCUT2D eigenvalue weighted by Gasteiger charge is 2.12. The van der Waals surface area contributed by atoms with Crippen LogP contribution in [0.3, 0.4) is 0 Å². The molecule has 5 heteroatoms. The monoisotopic (exact) mass is 293 g/mol. The van der Waals surface area contributed by atoms with Crippen LogP contribution in [0.25, 0.3) is 0 Å². The molecule has 1 atom stereocenters. The van der Waals surface area contributed by atoms with Crippen molar-refractivity contribution in [3.8, 4) is 0 Å². The van der Waals surface area contributed by atoms with Crippen LogP contribution in [0, 0.1) is 10.1 Å². The van der Waals surface area contributed by atoms with Gasteiger partial charge in [0.05, 0.1) is 4.92 Å².